The fourth-order valence-corrected chi connectivity index (χ4v) is 10.8. The number of fused-ring (bicyclic) bond motifs is 1. The first-order valence-electron chi connectivity index (χ1n) is 12.1. The van der Waals surface area contributed by atoms with Gasteiger partial charge in [0.15, 0.2) is 0 Å². The van der Waals surface area contributed by atoms with Crippen molar-refractivity contribution in [1.29, 1.82) is 0 Å². The average molecular weight is 548 g/mol. The molecular formula is C26H37NO6SSi2. The van der Waals surface area contributed by atoms with E-state index in [1.165, 1.54) is 18.5 Å². The molecule has 0 atom stereocenters. The molecule has 0 aliphatic carbocycles. The van der Waals surface area contributed by atoms with E-state index in [2.05, 4.69) is 39.3 Å². The van der Waals surface area contributed by atoms with Gasteiger partial charge < -0.3 is 9.47 Å². The zero-order chi connectivity index (χ0) is 27.2. The number of nitrogens with zero attached hydrogens (tertiary/aromatic N) is 1. The van der Waals surface area contributed by atoms with Crippen LogP contribution in [0.2, 0.25) is 39.3 Å². The Hall–Kier alpha value is -2.44. The van der Waals surface area contributed by atoms with Crippen LogP contribution in [-0.4, -0.2) is 57.3 Å². The number of hydrogen-bond donors (Lipinski definition) is 0. The number of rotatable bonds is 6. The van der Waals surface area contributed by atoms with Crippen molar-refractivity contribution in [3.63, 3.8) is 0 Å². The number of carbonyl (C=O) groups is 2. The lowest BCUT2D eigenvalue weighted by Gasteiger charge is -2.40. The first kappa shape index (κ1) is 28.1. The van der Waals surface area contributed by atoms with Crippen molar-refractivity contribution >= 4 is 54.2 Å². The van der Waals surface area contributed by atoms with E-state index in [9.17, 15) is 18.0 Å². The van der Waals surface area contributed by atoms with Crippen LogP contribution >= 0.6 is 0 Å². The van der Waals surface area contributed by atoms with Crippen molar-refractivity contribution in [1.82, 2.24) is 0 Å². The summed E-state index contributed by atoms with van der Waals surface area (Å²) >= 11 is 0. The average Bonchev–Trinajstić information content (AvgIpc) is 2.79. The third kappa shape index (κ3) is 4.90. The van der Waals surface area contributed by atoms with Crippen molar-refractivity contribution < 1.29 is 27.5 Å². The van der Waals surface area contributed by atoms with Crippen molar-refractivity contribution in [2.75, 3.05) is 25.1 Å². The number of hydrogen-bond acceptors (Lipinski definition) is 6. The third-order valence-corrected chi connectivity index (χ3v) is 12.4. The largest absolute Gasteiger partial charge is 0.465 e. The van der Waals surface area contributed by atoms with Crippen LogP contribution in [0.1, 0.15) is 38.3 Å². The molecule has 0 radical (unpaired) electrons. The minimum atomic E-state index is -3.92. The van der Waals surface area contributed by atoms with Gasteiger partial charge in [-0.1, -0.05) is 57.0 Å². The van der Waals surface area contributed by atoms with Gasteiger partial charge in [-0.3, -0.25) is 4.31 Å². The summed E-state index contributed by atoms with van der Waals surface area (Å²) in [7, 11) is -6.07. The minimum absolute atomic E-state index is 0.158. The molecule has 2 aromatic rings. The molecule has 196 valence electrons. The Morgan fingerprint density at radius 1 is 0.833 bits per heavy atom. The molecule has 10 heteroatoms. The summed E-state index contributed by atoms with van der Waals surface area (Å²) in [6.45, 7) is 14.6. The third-order valence-electron chi connectivity index (χ3n) is 6.50. The summed E-state index contributed by atoms with van der Waals surface area (Å²) in [6, 6.07) is 6.81. The van der Waals surface area contributed by atoms with E-state index in [1.807, 2.05) is 6.92 Å². The number of carbonyl (C=O) groups excluding carboxylic acids is 2. The summed E-state index contributed by atoms with van der Waals surface area (Å²) < 4.78 is 40.0. The maximum absolute atomic E-state index is 14.1. The molecule has 7 nitrogen and oxygen atoms in total. The van der Waals surface area contributed by atoms with Crippen molar-refractivity contribution in [3.8, 4) is 0 Å². The highest BCUT2D eigenvalue weighted by Gasteiger charge is 2.44. The molecule has 0 spiro atoms. The van der Waals surface area contributed by atoms with Gasteiger partial charge in [-0.25, -0.2) is 18.0 Å². The number of aryl methyl sites for hydroxylation is 1. The Balaban J connectivity index is 2.60. The van der Waals surface area contributed by atoms with Gasteiger partial charge in [0, 0.05) is 6.54 Å². The van der Waals surface area contributed by atoms with Crippen molar-refractivity contribution in [2.45, 2.75) is 63.9 Å². The molecule has 36 heavy (non-hydrogen) atoms. The smallest absolute Gasteiger partial charge is 0.338 e. The summed E-state index contributed by atoms with van der Waals surface area (Å²) in [4.78, 5) is 26.9. The fourth-order valence-electron chi connectivity index (χ4n) is 5.07. The van der Waals surface area contributed by atoms with Crippen LogP contribution in [0.3, 0.4) is 0 Å². The van der Waals surface area contributed by atoms with Crippen LogP contribution < -0.4 is 14.7 Å². The molecule has 0 N–H and O–H groups in total. The minimum Gasteiger partial charge on any atom is -0.465 e. The van der Waals surface area contributed by atoms with Crippen LogP contribution in [0.15, 0.2) is 29.2 Å². The van der Waals surface area contributed by atoms with Crippen molar-refractivity contribution in [3.05, 3.63) is 46.5 Å². The molecule has 0 unspecified atom stereocenters. The van der Waals surface area contributed by atoms with Crippen LogP contribution in [0.4, 0.5) is 5.69 Å². The van der Waals surface area contributed by atoms with E-state index in [1.54, 1.807) is 24.3 Å². The van der Waals surface area contributed by atoms with Crippen LogP contribution in [-0.2, 0) is 25.9 Å². The molecular weight excluding hydrogens is 511 g/mol. The van der Waals surface area contributed by atoms with Crippen LogP contribution in [0, 0.1) is 6.92 Å². The van der Waals surface area contributed by atoms with E-state index in [-0.39, 0.29) is 16.0 Å². The van der Waals surface area contributed by atoms with Gasteiger partial charge in [0.05, 0.1) is 52.1 Å². The molecule has 0 aromatic heterocycles. The molecule has 0 fully saturated rings. The Bertz CT molecular complexity index is 1310. The quantitative estimate of drug-likeness (QED) is 0.404. The Morgan fingerprint density at radius 3 is 1.75 bits per heavy atom. The standard InChI is InChI=1S/C26H37NO6SSi2/c1-17-12-14-18(15-13-17)34(30,31)27-16-10-11-19-22(27)24(36(7,8)9)21(26(29)33-3)20(25(28)32-2)23(19)35(4,5)6/h12-15H,10-11,16H2,1-9H3. The van der Waals surface area contributed by atoms with Crippen molar-refractivity contribution in [2.24, 2.45) is 0 Å². The summed E-state index contributed by atoms with van der Waals surface area (Å²) in [5, 5.41) is 1.40. The summed E-state index contributed by atoms with van der Waals surface area (Å²) in [6.07, 6.45) is 1.23. The van der Waals surface area contributed by atoms with E-state index in [0.29, 0.717) is 30.3 Å². The van der Waals surface area contributed by atoms with Gasteiger partial charge in [-0.15, -0.1) is 0 Å². The van der Waals surface area contributed by atoms with Crippen LogP contribution in [0.25, 0.3) is 0 Å². The molecule has 1 aliphatic rings. The lowest BCUT2D eigenvalue weighted by Crippen LogP contribution is -2.55. The predicted octanol–water partition coefficient (Wildman–Crippen LogP) is 3.80. The van der Waals surface area contributed by atoms with E-state index in [0.717, 1.165) is 16.3 Å². The number of anilines is 1. The van der Waals surface area contributed by atoms with Crippen LogP contribution in [0.5, 0.6) is 0 Å². The molecule has 0 amide bonds. The highest BCUT2D eigenvalue weighted by molar-refractivity contribution is 7.92. The SMILES string of the molecule is COC(=O)c1c(C(=O)OC)c([Si](C)(C)C)c2c(c1[Si](C)(C)C)CCCN2S(=O)(=O)c1ccc(C)cc1. The second-order valence-electron chi connectivity index (χ2n) is 11.3. The summed E-state index contributed by atoms with van der Waals surface area (Å²) in [5.41, 5.74) is 2.78. The molecule has 0 saturated heterocycles. The monoisotopic (exact) mass is 547 g/mol. The number of methoxy groups -OCH3 is 2. The van der Waals surface area contributed by atoms with E-state index >= 15 is 0 Å². The number of sulfonamides is 1. The molecule has 0 saturated carbocycles. The predicted molar refractivity (Wildman–Crippen MR) is 149 cm³/mol. The van der Waals surface area contributed by atoms with Gasteiger partial charge in [0.2, 0.25) is 0 Å². The fraction of sp³-hybridized carbons (Fsp3) is 0.462. The lowest BCUT2D eigenvalue weighted by atomic mass is 9.95. The number of esters is 2. The molecule has 0 bridgehead atoms. The topological polar surface area (TPSA) is 90.0 Å². The zero-order valence-corrected chi connectivity index (χ0v) is 25.6. The van der Waals surface area contributed by atoms with E-state index in [4.69, 9.17) is 9.47 Å². The van der Waals surface area contributed by atoms with Gasteiger partial charge >= 0.3 is 11.9 Å². The molecule has 1 aliphatic heterocycles. The Morgan fingerprint density at radius 2 is 1.31 bits per heavy atom. The summed E-state index contributed by atoms with van der Waals surface area (Å²) in [5.74, 6) is -1.23. The second kappa shape index (κ2) is 9.79. The van der Waals surface area contributed by atoms with Gasteiger partial charge in [0.25, 0.3) is 10.0 Å². The second-order valence-corrected chi connectivity index (χ2v) is 23.2. The highest BCUT2D eigenvalue weighted by atomic mass is 32.2. The lowest BCUT2D eigenvalue weighted by molar-refractivity contribution is 0.0557. The first-order valence-corrected chi connectivity index (χ1v) is 20.5. The zero-order valence-electron chi connectivity index (χ0n) is 22.7. The molecule has 2 aromatic carbocycles. The maximum atomic E-state index is 14.1. The highest BCUT2D eigenvalue weighted by Crippen LogP contribution is 2.36. The Kier molecular flexibility index (Phi) is 7.65. The molecule has 3 rings (SSSR count). The van der Waals surface area contributed by atoms with Gasteiger partial charge in [0.1, 0.15) is 0 Å². The number of ether oxygens (including phenoxy) is 2. The number of benzene rings is 2. The maximum Gasteiger partial charge on any atom is 0.338 e. The van der Waals surface area contributed by atoms with Gasteiger partial charge in [-0.2, -0.15) is 0 Å². The van der Waals surface area contributed by atoms with Gasteiger partial charge in [-0.05, 0) is 47.8 Å². The molecule has 1 heterocycles. The normalized spacial score (nSPS) is 14.3. The van der Waals surface area contributed by atoms with E-state index < -0.39 is 38.1 Å². The Labute approximate surface area is 216 Å². The first-order chi connectivity index (χ1) is 16.6.